The number of aliphatic hydroxyl groups is 3. The predicted octanol–water partition coefficient (Wildman–Crippen LogP) is 13.2. The first-order chi connectivity index (χ1) is 57.3. The molecule has 3 heterocycles. The lowest BCUT2D eigenvalue weighted by molar-refractivity contribution is -0.792. The van der Waals surface area contributed by atoms with Gasteiger partial charge in [-0.15, -0.1) is 12.8 Å². The van der Waals surface area contributed by atoms with E-state index in [1.165, 1.54) is 24.8 Å². The number of piperidine rings is 1. The van der Waals surface area contributed by atoms with Crippen LogP contribution in [0.4, 0.5) is 0 Å². The van der Waals surface area contributed by atoms with Gasteiger partial charge in [0.2, 0.25) is 5.79 Å². The molecule has 2 bridgehead atoms. The zero-order valence-corrected chi connectivity index (χ0v) is 65.6. The number of rotatable bonds is 18. The smallest absolute Gasteiger partial charge is 0.329 e. The molecule has 0 aromatic carbocycles. The summed E-state index contributed by atoms with van der Waals surface area (Å²) in [4.78, 5) is 65.5. The van der Waals surface area contributed by atoms with Gasteiger partial charge in [0.25, 0.3) is 11.7 Å². The summed E-state index contributed by atoms with van der Waals surface area (Å²) < 4.78 is 29.9. The molecule has 14 atom stereocenters. The van der Waals surface area contributed by atoms with Crippen LogP contribution in [0.15, 0.2) is 35.5 Å². The Labute approximate surface area is 741 Å². The standard InChI is InChI=1S/C46H73NO12.C46H2.H3NO12.35H2/c1-10-11-12-15-33-21-27(2)20-28(3)22-39(56-8)42-40(57-9)24-30(5)46(54,59-42)43(51)44(52)47-19-14-13-16-34(47)45(53)58-41(31(6)36(49)26-37(33)50)29(4)23-32-17-18-35(48)38(25-32)55-7;1-3-5-7-9-11-13-15-17-19-21-23-25-27-29-31-33-35-37-39-41-43-45-46-44-42-40-38-36-34-32-30-28-26-24-22-20-18-16-14-12-10-8-6-4-2;2-6-10-12-8-4-1-5-9-13-11-7-3;;;;;;;;;;;;;;;;;;;;;;;;;;;;;;;;;;;/h11-12,21,23,28,30-36,38-42,48-49,54H,10,13-20,22,24-26H2,1-9H3;1-2H;1-3H;35*1H/b12-11+,27-21+,29-23+;;;;;;;;;;;;;;;;;;;;;;;;;;;;;;;;;;;;;/t28-,30+,31+,32-,33+,34-,35+,36-,38+,39-,40-,41+,42+,46+;;;;;;;;;;;;;;;;;;;;;;;;;;;;;;;;;;;;;/m0...................................../s1. The van der Waals surface area contributed by atoms with Gasteiger partial charge < -0.3 is 43.9 Å². The Kier molecular flexibility index (Phi) is 55.4. The van der Waals surface area contributed by atoms with Gasteiger partial charge in [0, 0.05) is 268 Å². The van der Waals surface area contributed by atoms with Gasteiger partial charge in [-0.2, -0.15) is 0 Å². The van der Waals surface area contributed by atoms with Crippen molar-refractivity contribution in [1.82, 2.24) is 10.5 Å². The topological polar surface area (TPSA) is 323 Å². The van der Waals surface area contributed by atoms with Crippen LogP contribution < -0.4 is 5.64 Å². The van der Waals surface area contributed by atoms with Crippen LogP contribution in [-0.4, -0.2) is 137 Å². The summed E-state index contributed by atoms with van der Waals surface area (Å²) in [5.74, 6) is 100. The SMILES string of the molecule is C#CC#CC#CC#CC#CC#CC#CC#CC#CC#CC#CC#CC#CC#CC#CC#CC#CC#CC#CC#CC#CC#CC#C.CC/C=C/C[C@@H]1/C=C(\C)C[C@H](C)C[C@H](OC)[C@H]2O[C@@](O)(C(=O)C(=O)N3CCCC[C@H]3C(=O)O[C@H](/C(C)=C/[C@@H]3CC[C@@H](O)[C@H](OC)C3)[C@H](C)[C@@H](O)CC1=O)[C@H](C)C[C@@H]2OC.OOOOOONOOOOOO.[HH].[HH].[HH].[HH].[HH].[HH].[HH].[HH].[HH].[HH].[HH].[HH].[HH].[HH].[HH].[HH].[HH].[HH].[HH].[HH].[HH].[HH].[HH].[HH].[HH].[HH].[HH].[HH].[HH].[HH].[HH].[HH].[HH].[HH].[HH]. The molecular weight excluding hydrogens is 1520 g/mol. The highest BCUT2D eigenvalue weighted by Crippen LogP contribution is 2.39. The highest BCUT2D eigenvalue weighted by molar-refractivity contribution is 6.39. The molecule has 3 fully saturated rings. The zero-order chi connectivity index (χ0) is 86.5. The number of aliphatic hydroxyl groups excluding tert-OH is 2. The highest BCUT2D eigenvalue weighted by Gasteiger charge is 2.57. The molecule has 0 aromatic heterocycles. The van der Waals surface area contributed by atoms with Crippen LogP contribution in [0.25, 0.3) is 0 Å². The van der Waals surface area contributed by atoms with E-state index in [1.807, 2.05) is 45.1 Å². The molecule has 4 rings (SSSR count). The van der Waals surface area contributed by atoms with Gasteiger partial charge in [0.05, 0.1) is 30.5 Å². The number of amides is 1. The lowest BCUT2D eigenvalue weighted by Crippen LogP contribution is -2.64. The van der Waals surface area contributed by atoms with E-state index in [4.69, 9.17) is 47.0 Å². The molecule has 670 valence electrons. The number of cyclic esters (lactones) is 1. The Morgan fingerprint density at radius 1 is 0.551 bits per heavy atom. The average Bonchev–Trinajstić information content (AvgIpc) is 0.842. The van der Waals surface area contributed by atoms with Crippen LogP contribution in [0.5, 0.6) is 0 Å². The molecule has 26 nitrogen and oxygen atoms in total. The van der Waals surface area contributed by atoms with Gasteiger partial charge in [0.1, 0.15) is 24.0 Å². The van der Waals surface area contributed by atoms with Crippen molar-refractivity contribution in [2.24, 2.45) is 29.6 Å². The van der Waals surface area contributed by atoms with E-state index >= 15 is 0 Å². The first-order valence-electron chi connectivity index (χ1n) is 35.4. The fraction of sp³-hybridized carbons (Fsp3) is 0.391. The minimum Gasteiger partial charge on any atom is -0.456 e. The minimum atomic E-state index is -2.51. The van der Waals surface area contributed by atoms with Gasteiger partial charge in [-0.25, -0.2) is 15.3 Å². The van der Waals surface area contributed by atoms with Crippen molar-refractivity contribution in [2.75, 3.05) is 27.9 Å². The highest BCUT2D eigenvalue weighted by atomic mass is 17.9. The minimum absolute atomic E-state index is 0. The van der Waals surface area contributed by atoms with E-state index in [1.54, 1.807) is 21.0 Å². The maximum absolute atomic E-state index is 14.4. The van der Waals surface area contributed by atoms with Crippen LogP contribution in [-0.2, 0) is 93.1 Å². The quantitative estimate of drug-likeness (QED) is 0.0141. The van der Waals surface area contributed by atoms with Crippen LogP contribution in [0.2, 0.25) is 0 Å². The molecule has 1 saturated carbocycles. The summed E-state index contributed by atoms with van der Waals surface area (Å²) in [6, 6.07) is -1.14. The maximum Gasteiger partial charge on any atom is 0.329 e. The van der Waals surface area contributed by atoms with Crippen LogP contribution in [0.3, 0.4) is 0 Å². The number of methoxy groups -OCH3 is 3. The van der Waals surface area contributed by atoms with Crippen molar-refractivity contribution in [3.8, 4) is 273 Å². The third kappa shape index (κ3) is 43.7. The molecule has 26 heteroatoms. The van der Waals surface area contributed by atoms with Gasteiger partial charge in [-0.3, -0.25) is 14.4 Å². The molecule has 6 N–H and O–H groups in total. The number of carbonyl (C=O) groups is 4. The van der Waals surface area contributed by atoms with Gasteiger partial charge >= 0.3 is 5.97 Å². The number of Topliss-reactive ketones (excluding diaryl/α,β-unsaturated/α-hetero) is 2. The number of nitrogens with zero attached hydrogens (tertiary/aromatic N) is 1. The fourth-order valence-electron chi connectivity index (χ4n) is 11.1. The third-order valence-electron chi connectivity index (χ3n) is 16.3. The Hall–Kier alpha value is -13.4. The second kappa shape index (κ2) is 64.9. The number of nitrogens with one attached hydrogen (secondary N) is 1. The number of esters is 1. The lowest BCUT2D eigenvalue weighted by atomic mass is 9.81. The number of hydrogen-bond donors (Lipinski definition) is 6. The van der Waals surface area contributed by atoms with Gasteiger partial charge in [-0.05, 0) is 243 Å². The first kappa shape index (κ1) is 101. The Morgan fingerprint density at radius 3 is 1.36 bits per heavy atom. The molecule has 4 aliphatic rings. The second-order valence-electron chi connectivity index (χ2n) is 24.2. The second-order valence-corrected chi connectivity index (χ2v) is 24.2. The predicted molar refractivity (Wildman–Crippen MR) is 496 cm³/mol. The Bertz CT molecular complexity index is 5040. The Morgan fingerprint density at radius 2 is 0.966 bits per heavy atom. The van der Waals surface area contributed by atoms with Crippen molar-refractivity contribution in [3.63, 3.8) is 0 Å². The summed E-state index contributed by atoms with van der Waals surface area (Å²) >= 11 is 0. The first-order valence-corrected chi connectivity index (χ1v) is 35.4. The summed E-state index contributed by atoms with van der Waals surface area (Å²) in [5, 5.41) is 75.2. The summed E-state index contributed by atoms with van der Waals surface area (Å²) in [6.45, 7) is 11.4. The third-order valence-corrected chi connectivity index (χ3v) is 16.3. The van der Waals surface area contributed by atoms with E-state index in [-0.39, 0.29) is 99.5 Å². The average molecular weight is 1670 g/mol. The monoisotopic (exact) mass is 1670 g/mol. The van der Waals surface area contributed by atoms with Crippen molar-refractivity contribution in [1.29, 1.82) is 0 Å². The number of allylic oxidation sites excluding steroid dienone is 5. The zero-order valence-electron chi connectivity index (χ0n) is 65.6. The normalized spacial score (nSPS) is 22.8. The maximum atomic E-state index is 14.4. The van der Waals surface area contributed by atoms with Gasteiger partial charge in [0.15, 0.2) is 0 Å². The van der Waals surface area contributed by atoms with Crippen molar-refractivity contribution in [3.05, 3.63) is 35.5 Å². The molecule has 2 saturated heterocycles. The Balaban J connectivity index is -0.0000000434. The molecule has 3 aliphatic heterocycles. The summed E-state index contributed by atoms with van der Waals surface area (Å²) in [5.41, 5.74) is 3.02. The number of hydrogen-bond acceptors (Lipinski definition) is 25. The van der Waals surface area contributed by atoms with E-state index < -0.39 is 83.9 Å². The lowest BCUT2D eigenvalue weighted by Gasteiger charge is -2.47. The molecule has 0 aromatic rings. The molecule has 1 aliphatic carbocycles. The van der Waals surface area contributed by atoms with Crippen molar-refractivity contribution < 1.29 is 169 Å². The van der Waals surface area contributed by atoms with E-state index in [2.05, 4.69) is 318 Å². The molecule has 0 unspecified atom stereocenters. The number of ether oxygens (including phenoxy) is 5. The van der Waals surface area contributed by atoms with E-state index in [9.17, 15) is 34.5 Å². The summed E-state index contributed by atoms with van der Waals surface area (Å²) in [6.07, 6.45) is 18.2. The largest absolute Gasteiger partial charge is 0.456 e. The number of carbonyl (C=O) groups excluding carboxylic acids is 4. The number of terminal acetylenes is 2. The number of ketones is 2. The van der Waals surface area contributed by atoms with Crippen molar-refractivity contribution in [2.45, 2.75) is 173 Å². The number of fused-ring (bicyclic) bond motifs is 3. The van der Waals surface area contributed by atoms with E-state index in [0.717, 1.165) is 12.0 Å². The van der Waals surface area contributed by atoms with Crippen LogP contribution >= 0.6 is 0 Å². The molecule has 1 amide bonds. The van der Waals surface area contributed by atoms with E-state index in [0.29, 0.717) is 56.9 Å². The molecule has 0 spiro atoms. The van der Waals surface area contributed by atoms with Gasteiger partial charge in [-0.1, -0.05) is 67.5 Å². The molecule has 0 radical (unpaired) electrons. The molecule has 118 heavy (non-hydrogen) atoms. The summed E-state index contributed by atoms with van der Waals surface area (Å²) in [7, 11) is 4.63. The van der Waals surface area contributed by atoms with Crippen LogP contribution in [0, 0.1) is 303 Å². The molecular formula is C92H148N2O24. The van der Waals surface area contributed by atoms with Crippen molar-refractivity contribution >= 4 is 23.4 Å². The fourth-order valence-corrected chi connectivity index (χ4v) is 11.1. The van der Waals surface area contributed by atoms with Crippen LogP contribution in [0.1, 0.15) is 169 Å².